The number of fused-ring (bicyclic) bond motifs is 1. The van der Waals surface area contributed by atoms with Crippen molar-refractivity contribution in [1.82, 2.24) is 9.97 Å². The molecule has 0 saturated carbocycles. The Morgan fingerprint density at radius 3 is 2.55 bits per heavy atom. The molecule has 8 heteroatoms. The number of aliphatic hydroxyl groups is 1. The second kappa shape index (κ2) is 7.81. The van der Waals surface area contributed by atoms with Gasteiger partial charge in [0.15, 0.2) is 0 Å². The molecular formula is C21H16F3N3OS. The SMILES string of the molecule is OC(CNc1cc(-c2cc3ccc(C(F)(F)F)cc3s2)ncn1)c1ccccc1. The quantitative estimate of drug-likeness (QED) is 0.450. The minimum absolute atomic E-state index is 0.266. The molecule has 1 unspecified atom stereocenters. The summed E-state index contributed by atoms with van der Waals surface area (Å²) in [5.41, 5.74) is 0.726. The number of benzene rings is 2. The molecule has 0 saturated heterocycles. The Balaban J connectivity index is 1.54. The third kappa shape index (κ3) is 4.38. The van der Waals surface area contributed by atoms with Crippen molar-refractivity contribution >= 4 is 27.2 Å². The molecule has 0 aliphatic rings. The molecular weight excluding hydrogens is 399 g/mol. The van der Waals surface area contributed by atoms with E-state index in [9.17, 15) is 18.3 Å². The maximum Gasteiger partial charge on any atom is 0.416 e. The van der Waals surface area contributed by atoms with Gasteiger partial charge in [-0.15, -0.1) is 11.3 Å². The topological polar surface area (TPSA) is 58.0 Å². The highest BCUT2D eigenvalue weighted by molar-refractivity contribution is 7.22. The average molecular weight is 415 g/mol. The first-order valence-corrected chi connectivity index (χ1v) is 9.62. The van der Waals surface area contributed by atoms with Crippen molar-refractivity contribution in [1.29, 1.82) is 0 Å². The molecule has 29 heavy (non-hydrogen) atoms. The fourth-order valence-corrected chi connectivity index (χ4v) is 3.99. The van der Waals surface area contributed by atoms with Gasteiger partial charge in [0.1, 0.15) is 12.1 Å². The lowest BCUT2D eigenvalue weighted by molar-refractivity contribution is -0.137. The fraction of sp³-hybridized carbons (Fsp3) is 0.143. The van der Waals surface area contributed by atoms with Crippen molar-refractivity contribution < 1.29 is 18.3 Å². The van der Waals surface area contributed by atoms with Gasteiger partial charge in [0, 0.05) is 17.3 Å². The van der Waals surface area contributed by atoms with Crippen LogP contribution in [0, 0.1) is 0 Å². The fourth-order valence-electron chi connectivity index (χ4n) is 2.92. The van der Waals surface area contributed by atoms with Crippen molar-refractivity contribution in [2.24, 2.45) is 0 Å². The number of halogens is 3. The molecule has 2 N–H and O–H groups in total. The average Bonchev–Trinajstić information content (AvgIpc) is 3.16. The Kier molecular flexibility index (Phi) is 5.21. The van der Waals surface area contributed by atoms with E-state index in [-0.39, 0.29) is 6.54 Å². The molecule has 0 aliphatic carbocycles. The highest BCUT2D eigenvalue weighted by Gasteiger charge is 2.30. The van der Waals surface area contributed by atoms with Crippen LogP contribution in [-0.2, 0) is 6.18 Å². The van der Waals surface area contributed by atoms with E-state index in [0.717, 1.165) is 28.0 Å². The van der Waals surface area contributed by atoms with Gasteiger partial charge < -0.3 is 10.4 Å². The predicted octanol–water partition coefficient (Wildman–Crippen LogP) is 5.52. The van der Waals surface area contributed by atoms with E-state index in [0.29, 0.717) is 16.2 Å². The van der Waals surface area contributed by atoms with Crippen molar-refractivity contribution in [2.75, 3.05) is 11.9 Å². The van der Waals surface area contributed by atoms with E-state index in [1.54, 1.807) is 6.07 Å². The summed E-state index contributed by atoms with van der Waals surface area (Å²) in [6, 6.07) is 16.5. The molecule has 1 atom stereocenters. The van der Waals surface area contributed by atoms with E-state index in [1.165, 1.54) is 23.7 Å². The third-order valence-electron chi connectivity index (χ3n) is 4.43. The molecule has 2 aromatic carbocycles. The number of nitrogens with zero attached hydrogens (tertiary/aromatic N) is 2. The summed E-state index contributed by atoms with van der Waals surface area (Å²) in [4.78, 5) is 9.13. The van der Waals surface area contributed by atoms with Gasteiger partial charge in [-0.2, -0.15) is 13.2 Å². The summed E-state index contributed by atoms with van der Waals surface area (Å²) in [6.45, 7) is 0.266. The summed E-state index contributed by atoms with van der Waals surface area (Å²) in [5, 5.41) is 14.1. The number of aromatic nitrogens is 2. The Morgan fingerprint density at radius 1 is 1.00 bits per heavy atom. The second-order valence-corrected chi connectivity index (χ2v) is 7.54. The van der Waals surface area contributed by atoms with Gasteiger partial charge in [-0.05, 0) is 29.1 Å². The van der Waals surface area contributed by atoms with E-state index in [4.69, 9.17) is 0 Å². The molecule has 4 aromatic rings. The summed E-state index contributed by atoms with van der Waals surface area (Å²) in [6.07, 6.45) is -3.68. The Labute approximate surface area is 168 Å². The molecule has 148 valence electrons. The predicted molar refractivity (Wildman–Crippen MR) is 108 cm³/mol. The number of thiophene rings is 1. The largest absolute Gasteiger partial charge is 0.416 e. The lowest BCUT2D eigenvalue weighted by atomic mass is 10.1. The molecule has 0 amide bonds. The number of nitrogens with one attached hydrogen (secondary N) is 1. The number of rotatable bonds is 5. The van der Waals surface area contributed by atoms with E-state index < -0.39 is 17.8 Å². The Bertz CT molecular complexity index is 1130. The molecule has 0 radical (unpaired) electrons. The van der Waals surface area contributed by atoms with Crippen LogP contribution in [0.4, 0.5) is 19.0 Å². The lowest BCUT2D eigenvalue weighted by Crippen LogP contribution is -2.13. The minimum atomic E-state index is -4.37. The Morgan fingerprint density at radius 2 is 1.79 bits per heavy atom. The monoisotopic (exact) mass is 415 g/mol. The van der Waals surface area contributed by atoms with E-state index in [2.05, 4.69) is 15.3 Å². The van der Waals surface area contributed by atoms with Crippen molar-refractivity contribution in [3.63, 3.8) is 0 Å². The summed E-state index contributed by atoms with van der Waals surface area (Å²) in [7, 11) is 0. The standard InChI is InChI=1S/C21H16F3N3OS/c22-21(23,24)15-7-6-14-8-19(29-18(14)9-15)16-10-20(27-12-26-16)25-11-17(28)13-4-2-1-3-5-13/h1-10,12,17,28H,11H2,(H,25,26,27). The van der Waals surface area contributed by atoms with Gasteiger partial charge in [-0.25, -0.2) is 9.97 Å². The third-order valence-corrected chi connectivity index (χ3v) is 5.55. The van der Waals surface area contributed by atoms with Gasteiger partial charge in [-0.1, -0.05) is 36.4 Å². The van der Waals surface area contributed by atoms with Crippen molar-refractivity contribution in [2.45, 2.75) is 12.3 Å². The highest BCUT2D eigenvalue weighted by Crippen LogP contribution is 2.37. The van der Waals surface area contributed by atoms with Crippen LogP contribution in [-0.4, -0.2) is 21.6 Å². The molecule has 0 spiro atoms. The number of alkyl halides is 3. The van der Waals surface area contributed by atoms with Crippen LogP contribution in [0.15, 0.2) is 67.0 Å². The maximum absolute atomic E-state index is 12.9. The van der Waals surface area contributed by atoms with E-state index in [1.807, 2.05) is 36.4 Å². The second-order valence-electron chi connectivity index (χ2n) is 6.46. The van der Waals surface area contributed by atoms with Crippen LogP contribution >= 0.6 is 11.3 Å². The van der Waals surface area contributed by atoms with E-state index >= 15 is 0 Å². The molecule has 0 fully saturated rings. The zero-order chi connectivity index (χ0) is 20.4. The first-order chi connectivity index (χ1) is 13.9. The first kappa shape index (κ1) is 19.4. The smallest absolute Gasteiger partial charge is 0.387 e. The van der Waals surface area contributed by atoms with Crippen LogP contribution in [0.2, 0.25) is 0 Å². The zero-order valence-corrected chi connectivity index (χ0v) is 15.8. The number of hydrogen-bond acceptors (Lipinski definition) is 5. The minimum Gasteiger partial charge on any atom is -0.387 e. The summed E-state index contributed by atoms with van der Waals surface area (Å²) < 4.78 is 39.3. The number of aliphatic hydroxyl groups excluding tert-OH is 1. The summed E-state index contributed by atoms with van der Waals surface area (Å²) in [5.74, 6) is 0.526. The van der Waals surface area contributed by atoms with Crippen LogP contribution < -0.4 is 5.32 Å². The molecule has 4 nitrogen and oxygen atoms in total. The van der Waals surface area contributed by atoms with Crippen molar-refractivity contribution in [3.8, 4) is 10.6 Å². The Hall–Kier alpha value is -2.97. The molecule has 0 aliphatic heterocycles. The van der Waals surface area contributed by atoms with Crippen molar-refractivity contribution in [3.05, 3.63) is 78.1 Å². The van der Waals surface area contributed by atoms with Gasteiger partial charge in [0.25, 0.3) is 0 Å². The molecule has 0 bridgehead atoms. The van der Waals surface area contributed by atoms with Crippen LogP contribution in [0.25, 0.3) is 20.7 Å². The van der Waals surface area contributed by atoms with Gasteiger partial charge in [0.05, 0.1) is 22.2 Å². The zero-order valence-electron chi connectivity index (χ0n) is 15.0. The van der Waals surface area contributed by atoms with Crippen LogP contribution in [0.3, 0.4) is 0 Å². The normalized spacial score (nSPS) is 12.8. The highest BCUT2D eigenvalue weighted by atomic mass is 32.1. The lowest BCUT2D eigenvalue weighted by Gasteiger charge is -2.12. The first-order valence-electron chi connectivity index (χ1n) is 8.80. The van der Waals surface area contributed by atoms with Crippen LogP contribution in [0.5, 0.6) is 0 Å². The van der Waals surface area contributed by atoms with Gasteiger partial charge in [0.2, 0.25) is 0 Å². The number of hydrogen-bond donors (Lipinski definition) is 2. The van der Waals surface area contributed by atoms with Gasteiger partial charge in [-0.3, -0.25) is 0 Å². The van der Waals surface area contributed by atoms with Crippen LogP contribution in [0.1, 0.15) is 17.2 Å². The van der Waals surface area contributed by atoms with Gasteiger partial charge >= 0.3 is 6.18 Å². The molecule has 2 heterocycles. The maximum atomic E-state index is 12.9. The number of anilines is 1. The molecule has 2 aromatic heterocycles. The molecule has 4 rings (SSSR count). The summed E-state index contributed by atoms with van der Waals surface area (Å²) >= 11 is 1.24.